The zero-order chi connectivity index (χ0) is 14.2. The SMILES string of the molecule is CC1(C(N)=O)CCN(c2nc(Cl)ncc2[N+](=O)[O-])C1. The molecule has 1 aromatic heterocycles. The Hall–Kier alpha value is -1.96. The molecule has 2 N–H and O–H groups in total. The van der Waals surface area contributed by atoms with E-state index in [0.717, 1.165) is 6.20 Å². The largest absolute Gasteiger partial charge is 0.369 e. The minimum atomic E-state index is -0.717. The number of nitrogens with zero attached hydrogens (tertiary/aromatic N) is 4. The van der Waals surface area contributed by atoms with Gasteiger partial charge >= 0.3 is 5.69 Å². The molecule has 1 unspecified atom stereocenters. The van der Waals surface area contributed by atoms with Gasteiger partial charge in [0.1, 0.15) is 6.20 Å². The summed E-state index contributed by atoms with van der Waals surface area (Å²) in [5.41, 5.74) is 4.39. The van der Waals surface area contributed by atoms with Crippen molar-refractivity contribution in [2.45, 2.75) is 13.3 Å². The van der Waals surface area contributed by atoms with Crippen molar-refractivity contribution in [3.63, 3.8) is 0 Å². The molecule has 0 radical (unpaired) electrons. The van der Waals surface area contributed by atoms with Crippen LogP contribution < -0.4 is 10.6 Å². The number of carbonyl (C=O) groups is 1. The van der Waals surface area contributed by atoms with E-state index in [4.69, 9.17) is 17.3 Å². The van der Waals surface area contributed by atoms with E-state index in [1.165, 1.54) is 0 Å². The summed E-state index contributed by atoms with van der Waals surface area (Å²) in [7, 11) is 0. The fraction of sp³-hybridized carbons (Fsp3) is 0.500. The van der Waals surface area contributed by atoms with Gasteiger partial charge in [-0.3, -0.25) is 14.9 Å². The maximum atomic E-state index is 11.4. The Morgan fingerprint density at radius 1 is 1.68 bits per heavy atom. The maximum absolute atomic E-state index is 11.4. The van der Waals surface area contributed by atoms with E-state index in [1.807, 2.05) is 0 Å². The summed E-state index contributed by atoms with van der Waals surface area (Å²) < 4.78 is 0. The lowest BCUT2D eigenvalue weighted by Crippen LogP contribution is -2.37. The molecule has 0 aliphatic carbocycles. The van der Waals surface area contributed by atoms with Crippen LogP contribution in [-0.4, -0.2) is 33.9 Å². The minimum Gasteiger partial charge on any atom is -0.369 e. The lowest BCUT2D eigenvalue weighted by atomic mass is 9.89. The van der Waals surface area contributed by atoms with Crippen molar-refractivity contribution >= 4 is 29.0 Å². The minimum absolute atomic E-state index is 0.0757. The van der Waals surface area contributed by atoms with E-state index in [1.54, 1.807) is 11.8 Å². The Bertz CT molecular complexity index is 552. The average Bonchev–Trinajstić information content (AvgIpc) is 2.73. The maximum Gasteiger partial charge on any atom is 0.329 e. The number of halogens is 1. The first-order chi connectivity index (χ1) is 8.83. The van der Waals surface area contributed by atoms with Crippen LogP contribution in [-0.2, 0) is 4.79 Å². The first-order valence-corrected chi connectivity index (χ1v) is 5.93. The summed E-state index contributed by atoms with van der Waals surface area (Å²) in [6.45, 7) is 2.45. The summed E-state index contributed by atoms with van der Waals surface area (Å²) in [6, 6.07) is 0. The molecule has 0 aromatic carbocycles. The van der Waals surface area contributed by atoms with Gasteiger partial charge in [-0.15, -0.1) is 0 Å². The molecule has 1 aliphatic rings. The van der Waals surface area contributed by atoms with Crippen LogP contribution in [0, 0.1) is 15.5 Å². The van der Waals surface area contributed by atoms with Crippen LogP contribution in [0.3, 0.4) is 0 Å². The molecule has 0 bridgehead atoms. The molecule has 1 atom stereocenters. The topological polar surface area (TPSA) is 115 Å². The molecular weight excluding hydrogens is 274 g/mol. The zero-order valence-electron chi connectivity index (χ0n) is 10.2. The number of primary amides is 1. The molecule has 1 saturated heterocycles. The Kier molecular flexibility index (Phi) is 3.27. The molecule has 1 aliphatic heterocycles. The predicted molar refractivity (Wildman–Crippen MR) is 67.8 cm³/mol. The van der Waals surface area contributed by atoms with Crippen LogP contribution in [0.5, 0.6) is 0 Å². The van der Waals surface area contributed by atoms with Crippen LogP contribution in [0.25, 0.3) is 0 Å². The lowest BCUT2D eigenvalue weighted by molar-refractivity contribution is -0.384. The van der Waals surface area contributed by atoms with E-state index < -0.39 is 16.2 Å². The number of anilines is 1. The zero-order valence-corrected chi connectivity index (χ0v) is 10.9. The third-order valence-corrected chi connectivity index (χ3v) is 3.47. The third kappa shape index (κ3) is 2.43. The Balaban J connectivity index is 2.36. The van der Waals surface area contributed by atoms with Crippen molar-refractivity contribution < 1.29 is 9.72 Å². The first kappa shape index (κ1) is 13.5. The van der Waals surface area contributed by atoms with Gasteiger partial charge in [0.05, 0.1) is 10.3 Å². The molecule has 8 nitrogen and oxygen atoms in total. The van der Waals surface area contributed by atoms with Crippen LogP contribution in [0.1, 0.15) is 13.3 Å². The van der Waals surface area contributed by atoms with Crippen molar-refractivity contribution in [2.24, 2.45) is 11.1 Å². The molecule has 2 heterocycles. The fourth-order valence-electron chi connectivity index (χ4n) is 2.05. The predicted octanol–water partition coefficient (Wildman–Crippen LogP) is 0.740. The highest BCUT2D eigenvalue weighted by Gasteiger charge is 2.41. The number of hydrogen-bond acceptors (Lipinski definition) is 6. The highest BCUT2D eigenvalue weighted by atomic mass is 35.5. The second-order valence-corrected chi connectivity index (χ2v) is 5.04. The standard InChI is InChI=1S/C10H12ClN5O3/c1-10(8(12)17)2-3-15(5-10)7-6(16(18)19)4-13-9(11)14-7/h4H,2-3,5H2,1H3,(H2,12,17). The van der Waals surface area contributed by atoms with Crippen molar-refractivity contribution in [3.05, 3.63) is 21.6 Å². The summed E-state index contributed by atoms with van der Waals surface area (Å²) in [6.07, 6.45) is 1.58. The molecule has 0 spiro atoms. The van der Waals surface area contributed by atoms with Gasteiger partial charge in [0.2, 0.25) is 17.0 Å². The Labute approximate surface area is 113 Å². The quantitative estimate of drug-likeness (QED) is 0.497. The first-order valence-electron chi connectivity index (χ1n) is 5.55. The highest BCUT2D eigenvalue weighted by Crippen LogP contribution is 2.36. The number of amides is 1. The number of nitro groups is 1. The second kappa shape index (κ2) is 4.61. The number of nitrogens with two attached hydrogens (primary N) is 1. The number of rotatable bonds is 3. The van der Waals surface area contributed by atoms with Gasteiger partial charge in [0.25, 0.3) is 0 Å². The van der Waals surface area contributed by atoms with Gasteiger partial charge in [-0.2, -0.15) is 4.98 Å². The average molecular weight is 286 g/mol. The molecule has 2 rings (SSSR count). The van der Waals surface area contributed by atoms with Crippen LogP contribution in [0.2, 0.25) is 5.28 Å². The third-order valence-electron chi connectivity index (χ3n) is 3.29. The van der Waals surface area contributed by atoms with Gasteiger partial charge in [-0.1, -0.05) is 0 Å². The number of carbonyl (C=O) groups excluding carboxylic acids is 1. The van der Waals surface area contributed by atoms with E-state index in [9.17, 15) is 14.9 Å². The summed E-state index contributed by atoms with van der Waals surface area (Å²) in [5, 5.41) is 10.9. The van der Waals surface area contributed by atoms with Crippen molar-refractivity contribution in [1.29, 1.82) is 0 Å². The van der Waals surface area contributed by atoms with E-state index in [-0.39, 0.29) is 23.3 Å². The molecule has 0 saturated carbocycles. The van der Waals surface area contributed by atoms with E-state index in [2.05, 4.69) is 9.97 Å². The second-order valence-electron chi connectivity index (χ2n) is 4.70. The normalized spacial score (nSPS) is 22.5. The fourth-order valence-corrected chi connectivity index (χ4v) is 2.18. The van der Waals surface area contributed by atoms with Gasteiger partial charge in [-0.25, -0.2) is 4.98 Å². The van der Waals surface area contributed by atoms with E-state index in [0.29, 0.717) is 13.0 Å². The van der Waals surface area contributed by atoms with Gasteiger partial charge < -0.3 is 10.6 Å². The van der Waals surface area contributed by atoms with Crippen LogP contribution in [0.15, 0.2) is 6.20 Å². The molecule has 1 amide bonds. The number of aromatic nitrogens is 2. The molecule has 9 heteroatoms. The number of hydrogen-bond donors (Lipinski definition) is 1. The monoisotopic (exact) mass is 285 g/mol. The van der Waals surface area contributed by atoms with Gasteiger partial charge in [0, 0.05) is 13.1 Å². The van der Waals surface area contributed by atoms with Gasteiger partial charge in [-0.05, 0) is 24.9 Å². The Morgan fingerprint density at radius 3 is 2.89 bits per heavy atom. The van der Waals surface area contributed by atoms with Gasteiger partial charge in [0.15, 0.2) is 0 Å². The molecule has 1 fully saturated rings. The summed E-state index contributed by atoms with van der Waals surface area (Å²) >= 11 is 5.67. The molecule has 1 aromatic rings. The summed E-state index contributed by atoms with van der Waals surface area (Å²) in [4.78, 5) is 30.9. The van der Waals surface area contributed by atoms with Crippen LogP contribution in [0.4, 0.5) is 11.5 Å². The van der Waals surface area contributed by atoms with Crippen molar-refractivity contribution in [3.8, 4) is 0 Å². The summed E-state index contributed by atoms with van der Waals surface area (Å²) in [5.74, 6) is -0.312. The molecule has 102 valence electrons. The molecule has 19 heavy (non-hydrogen) atoms. The lowest BCUT2D eigenvalue weighted by Gasteiger charge is -2.21. The molecular formula is C10H12ClN5O3. The van der Waals surface area contributed by atoms with Crippen LogP contribution >= 0.6 is 11.6 Å². The van der Waals surface area contributed by atoms with Crippen molar-refractivity contribution in [1.82, 2.24) is 9.97 Å². The van der Waals surface area contributed by atoms with E-state index >= 15 is 0 Å². The Morgan fingerprint density at radius 2 is 2.37 bits per heavy atom. The highest BCUT2D eigenvalue weighted by molar-refractivity contribution is 6.28. The smallest absolute Gasteiger partial charge is 0.329 e. The van der Waals surface area contributed by atoms with Crippen molar-refractivity contribution in [2.75, 3.05) is 18.0 Å².